The van der Waals surface area contributed by atoms with Gasteiger partial charge in [0, 0.05) is 50.1 Å². The lowest BCUT2D eigenvalue weighted by atomic mass is 10.2. The number of rotatable bonds is 5. The molecule has 120 valence electrons. The molecule has 24 heavy (non-hydrogen) atoms. The average Bonchev–Trinajstić information content (AvgIpc) is 3.35. The zero-order valence-electron chi connectivity index (χ0n) is 13.4. The van der Waals surface area contributed by atoms with Crippen molar-refractivity contribution in [2.24, 2.45) is 7.05 Å². The van der Waals surface area contributed by atoms with Crippen molar-refractivity contribution in [1.29, 1.82) is 0 Å². The van der Waals surface area contributed by atoms with Crippen LogP contribution < -0.4 is 0 Å². The summed E-state index contributed by atoms with van der Waals surface area (Å²) in [6.07, 6.45) is 12.5. The second kappa shape index (κ2) is 6.16. The third kappa shape index (κ3) is 2.86. The maximum Gasteiger partial charge on any atom is 0.139 e. The molecule has 3 heterocycles. The number of hydrogen-bond donors (Lipinski definition) is 0. The topological polar surface area (TPSA) is 53.5 Å². The molecule has 0 aliphatic rings. The molecule has 1 aromatic carbocycles. The summed E-state index contributed by atoms with van der Waals surface area (Å²) in [5, 5.41) is 8.51. The van der Waals surface area contributed by atoms with Gasteiger partial charge in [-0.15, -0.1) is 0 Å². The van der Waals surface area contributed by atoms with Crippen LogP contribution in [0, 0.1) is 0 Å². The molecule has 6 heteroatoms. The van der Waals surface area contributed by atoms with Crippen LogP contribution in [-0.2, 0) is 20.0 Å². The quantitative estimate of drug-likeness (QED) is 0.568. The molecule has 0 N–H and O–H groups in total. The minimum Gasteiger partial charge on any atom is -0.331 e. The average molecular weight is 318 g/mol. The van der Waals surface area contributed by atoms with Gasteiger partial charge in [-0.1, -0.05) is 12.1 Å². The van der Waals surface area contributed by atoms with Crippen molar-refractivity contribution < 1.29 is 0 Å². The highest BCUT2D eigenvalue weighted by Crippen LogP contribution is 2.21. The number of nitrogens with zero attached hydrogens (tertiary/aromatic N) is 6. The molecule has 0 fully saturated rings. The molecule has 0 radical (unpaired) electrons. The summed E-state index contributed by atoms with van der Waals surface area (Å²) in [5.74, 6) is 0.966. The highest BCUT2D eigenvalue weighted by molar-refractivity contribution is 5.59. The number of benzene rings is 1. The van der Waals surface area contributed by atoms with Crippen molar-refractivity contribution in [3.63, 3.8) is 0 Å². The Morgan fingerprint density at radius 1 is 1.04 bits per heavy atom. The van der Waals surface area contributed by atoms with E-state index in [4.69, 9.17) is 0 Å². The van der Waals surface area contributed by atoms with Gasteiger partial charge in [-0.2, -0.15) is 10.2 Å². The van der Waals surface area contributed by atoms with Gasteiger partial charge in [-0.3, -0.25) is 4.68 Å². The van der Waals surface area contributed by atoms with Gasteiger partial charge in [0.25, 0.3) is 0 Å². The molecule has 0 atom stereocenters. The lowest BCUT2D eigenvalue weighted by molar-refractivity contribution is 0.701. The Hall–Kier alpha value is -3.15. The van der Waals surface area contributed by atoms with Gasteiger partial charge >= 0.3 is 0 Å². The zero-order valence-corrected chi connectivity index (χ0v) is 13.4. The SMILES string of the molecule is Cn1cc(CCn2ccnc2-c2cccc(-n3cccn3)c2)cn1. The summed E-state index contributed by atoms with van der Waals surface area (Å²) < 4.78 is 5.86. The highest BCUT2D eigenvalue weighted by atomic mass is 15.3. The summed E-state index contributed by atoms with van der Waals surface area (Å²) in [6, 6.07) is 10.2. The van der Waals surface area contributed by atoms with Crippen molar-refractivity contribution in [1.82, 2.24) is 29.1 Å². The standard InChI is InChI=1S/C18H18N6/c1-22-14-15(13-21-22)6-10-23-11-8-19-18(23)16-4-2-5-17(12-16)24-9-3-7-20-24/h2-5,7-9,11-14H,6,10H2,1H3. The van der Waals surface area contributed by atoms with Crippen LogP contribution in [0.2, 0.25) is 0 Å². The largest absolute Gasteiger partial charge is 0.331 e. The van der Waals surface area contributed by atoms with E-state index in [0.717, 1.165) is 30.0 Å². The first kappa shape index (κ1) is 14.4. The molecule has 0 aliphatic heterocycles. The molecular formula is C18H18N6. The molecule has 6 nitrogen and oxygen atoms in total. The smallest absolute Gasteiger partial charge is 0.139 e. The summed E-state index contributed by atoms with van der Waals surface area (Å²) in [7, 11) is 1.94. The van der Waals surface area contributed by atoms with Crippen LogP contribution in [0.3, 0.4) is 0 Å². The van der Waals surface area contributed by atoms with Gasteiger partial charge in [0.1, 0.15) is 5.82 Å². The van der Waals surface area contributed by atoms with Crippen LogP contribution in [-0.4, -0.2) is 29.1 Å². The second-order valence-corrected chi connectivity index (χ2v) is 5.72. The van der Waals surface area contributed by atoms with E-state index in [1.54, 1.807) is 6.20 Å². The van der Waals surface area contributed by atoms with Crippen molar-refractivity contribution in [2.75, 3.05) is 0 Å². The first-order valence-electron chi connectivity index (χ1n) is 7.89. The Morgan fingerprint density at radius 3 is 2.79 bits per heavy atom. The fourth-order valence-corrected chi connectivity index (χ4v) is 2.81. The van der Waals surface area contributed by atoms with E-state index in [1.807, 2.05) is 59.4 Å². The Labute approximate surface area is 140 Å². The fourth-order valence-electron chi connectivity index (χ4n) is 2.81. The summed E-state index contributed by atoms with van der Waals surface area (Å²) in [6.45, 7) is 0.868. The first-order valence-corrected chi connectivity index (χ1v) is 7.89. The minimum atomic E-state index is 0.868. The summed E-state index contributed by atoms with van der Waals surface area (Å²) in [4.78, 5) is 4.54. The van der Waals surface area contributed by atoms with Crippen LogP contribution >= 0.6 is 0 Å². The summed E-state index contributed by atoms with van der Waals surface area (Å²) >= 11 is 0. The predicted octanol–water partition coefficient (Wildman–Crippen LogP) is 2.71. The van der Waals surface area contributed by atoms with Crippen molar-refractivity contribution >= 4 is 0 Å². The maximum absolute atomic E-state index is 4.54. The van der Waals surface area contributed by atoms with Gasteiger partial charge in [-0.25, -0.2) is 9.67 Å². The van der Waals surface area contributed by atoms with Crippen molar-refractivity contribution in [2.45, 2.75) is 13.0 Å². The molecule has 0 saturated heterocycles. The van der Waals surface area contributed by atoms with Gasteiger partial charge in [-0.05, 0) is 30.2 Å². The molecule has 0 unspecified atom stereocenters. The molecule has 0 amide bonds. The van der Waals surface area contributed by atoms with E-state index in [1.165, 1.54) is 5.56 Å². The van der Waals surface area contributed by atoms with E-state index in [-0.39, 0.29) is 0 Å². The van der Waals surface area contributed by atoms with Crippen LogP contribution in [0.1, 0.15) is 5.56 Å². The molecule has 3 aromatic heterocycles. The minimum absolute atomic E-state index is 0.868. The van der Waals surface area contributed by atoms with Crippen LogP contribution in [0.5, 0.6) is 0 Å². The predicted molar refractivity (Wildman–Crippen MR) is 91.7 cm³/mol. The monoisotopic (exact) mass is 318 g/mol. The summed E-state index contributed by atoms with van der Waals surface area (Å²) in [5.41, 5.74) is 3.33. The van der Waals surface area contributed by atoms with E-state index in [2.05, 4.69) is 38.1 Å². The lowest BCUT2D eigenvalue weighted by Gasteiger charge is -2.09. The maximum atomic E-state index is 4.54. The van der Waals surface area contributed by atoms with E-state index in [0.29, 0.717) is 0 Å². The number of imidazole rings is 1. The highest BCUT2D eigenvalue weighted by Gasteiger charge is 2.08. The zero-order chi connectivity index (χ0) is 16.4. The Bertz CT molecular complexity index is 932. The first-order chi connectivity index (χ1) is 11.8. The number of aromatic nitrogens is 6. The number of hydrogen-bond acceptors (Lipinski definition) is 3. The van der Waals surface area contributed by atoms with Gasteiger partial charge in [0.15, 0.2) is 0 Å². The van der Waals surface area contributed by atoms with Gasteiger partial charge < -0.3 is 4.57 Å². The normalized spacial score (nSPS) is 11.0. The molecule has 0 spiro atoms. The third-order valence-electron chi connectivity index (χ3n) is 3.99. The molecule has 4 aromatic rings. The van der Waals surface area contributed by atoms with Crippen molar-refractivity contribution in [3.05, 3.63) is 73.1 Å². The van der Waals surface area contributed by atoms with Crippen LogP contribution in [0.15, 0.2) is 67.5 Å². The third-order valence-corrected chi connectivity index (χ3v) is 3.99. The van der Waals surface area contributed by atoms with Gasteiger partial charge in [0.05, 0.1) is 11.9 Å². The Kier molecular flexibility index (Phi) is 3.70. The molecular weight excluding hydrogens is 300 g/mol. The second-order valence-electron chi connectivity index (χ2n) is 5.72. The van der Waals surface area contributed by atoms with E-state index in [9.17, 15) is 0 Å². The molecule has 0 bridgehead atoms. The van der Waals surface area contributed by atoms with Crippen molar-refractivity contribution in [3.8, 4) is 17.1 Å². The number of aryl methyl sites for hydroxylation is 3. The van der Waals surface area contributed by atoms with Gasteiger partial charge in [0.2, 0.25) is 0 Å². The molecule has 4 rings (SSSR count). The van der Waals surface area contributed by atoms with E-state index < -0.39 is 0 Å². The van der Waals surface area contributed by atoms with Crippen LogP contribution in [0.4, 0.5) is 0 Å². The lowest BCUT2D eigenvalue weighted by Crippen LogP contribution is -2.03. The fraction of sp³-hybridized carbons (Fsp3) is 0.167. The Balaban J connectivity index is 1.59. The Morgan fingerprint density at radius 2 is 2.00 bits per heavy atom. The van der Waals surface area contributed by atoms with Crippen LogP contribution in [0.25, 0.3) is 17.1 Å². The van der Waals surface area contributed by atoms with E-state index >= 15 is 0 Å². The molecule has 0 saturated carbocycles. The molecule has 0 aliphatic carbocycles.